The van der Waals surface area contributed by atoms with Gasteiger partial charge < -0.3 is 14.8 Å². The third-order valence-corrected chi connectivity index (χ3v) is 4.09. The third kappa shape index (κ3) is 3.20. The Morgan fingerprint density at radius 2 is 2.04 bits per heavy atom. The van der Waals surface area contributed by atoms with Gasteiger partial charge in [-0.15, -0.1) is 0 Å². The summed E-state index contributed by atoms with van der Waals surface area (Å²) in [6.07, 6.45) is -0.0231. The lowest BCUT2D eigenvalue weighted by atomic mass is 9.90. The third-order valence-electron chi connectivity index (χ3n) is 4.09. The van der Waals surface area contributed by atoms with Crippen LogP contribution in [0.25, 0.3) is 0 Å². The van der Waals surface area contributed by atoms with E-state index in [-0.39, 0.29) is 25.5 Å². The van der Waals surface area contributed by atoms with Gasteiger partial charge in [0.15, 0.2) is 0 Å². The van der Waals surface area contributed by atoms with E-state index in [0.29, 0.717) is 11.3 Å². The number of aryl methyl sites for hydroxylation is 1. The molecule has 0 aliphatic carbocycles. The maximum Gasteiger partial charge on any atom is 0.325 e. The number of urea groups is 1. The molecule has 1 unspecified atom stereocenters. The number of nitrogens with zero attached hydrogens (tertiary/aromatic N) is 1. The number of amides is 3. The first-order valence-corrected chi connectivity index (χ1v) is 7.78. The van der Waals surface area contributed by atoms with E-state index in [9.17, 15) is 14.4 Å². The molecular formula is C17H22N2O5. The van der Waals surface area contributed by atoms with Crippen LogP contribution in [-0.4, -0.2) is 43.1 Å². The van der Waals surface area contributed by atoms with Crippen molar-refractivity contribution in [3.05, 3.63) is 29.3 Å². The minimum absolute atomic E-state index is 0.00573. The van der Waals surface area contributed by atoms with Gasteiger partial charge in [0.1, 0.15) is 11.3 Å². The van der Waals surface area contributed by atoms with Crippen molar-refractivity contribution in [3.8, 4) is 5.75 Å². The number of methoxy groups -OCH3 is 1. The molecule has 0 spiro atoms. The summed E-state index contributed by atoms with van der Waals surface area (Å²) in [6.45, 7) is 5.48. The molecule has 0 radical (unpaired) electrons. The molecule has 130 valence electrons. The molecule has 7 heteroatoms. The van der Waals surface area contributed by atoms with Gasteiger partial charge >= 0.3 is 12.0 Å². The highest BCUT2D eigenvalue weighted by Gasteiger charge is 2.49. The van der Waals surface area contributed by atoms with E-state index in [0.717, 1.165) is 10.5 Å². The van der Waals surface area contributed by atoms with Crippen LogP contribution >= 0.6 is 0 Å². The Morgan fingerprint density at radius 1 is 1.33 bits per heavy atom. The zero-order chi connectivity index (χ0) is 17.9. The Labute approximate surface area is 140 Å². The van der Waals surface area contributed by atoms with Gasteiger partial charge in [-0.2, -0.15) is 0 Å². The van der Waals surface area contributed by atoms with Gasteiger partial charge in [0.25, 0.3) is 5.91 Å². The number of carbonyl (C=O) groups is 3. The quantitative estimate of drug-likeness (QED) is 0.632. The molecule has 24 heavy (non-hydrogen) atoms. The fourth-order valence-corrected chi connectivity index (χ4v) is 2.72. The predicted octanol–water partition coefficient (Wildman–Crippen LogP) is 1.72. The average molecular weight is 334 g/mol. The van der Waals surface area contributed by atoms with Crippen LogP contribution in [-0.2, 0) is 19.9 Å². The van der Waals surface area contributed by atoms with Gasteiger partial charge in [-0.3, -0.25) is 14.5 Å². The number of rotatable bonds is 6. The van der Waals surface area contributed by atoms with E-state index in [2.05, 4.69) is 5.32 Å². The molecule has 0 saturated carbocycles. The van der Waals surface area contributed by atoms with Crippen molar-refractivity contribution < 1.29 is 23.9 Å². The summed E-state index contributed by atoms with van der Waals surface area (Å²) in [5, 5.41) is 2.71. The maximum atomic E-state index is 12.7. The second-order valence-corrected chi connectivity index (χ2v) is 5.75. The van der Waals surface area contributed by atoms with Crippen molar-refractivity contribution in [2.75, 3.05) is 20.3 Å². The minimum atomic E-state index is -1.16. The molecule has 3 amide bonds. The van der Waals surface area contributed by atoms with Gasteiger partial charge in [0.2, 0.25) is 0 Å². The topological polar surface area (TPSA) is 84.9 Å². The molecule has 1 aliphatic rings. The fraction of sp³-hybridized carbons (Fsp3) is 0.471. The van der Waals surface area contributed by atoms with Gasteiger partial charge in [-0.1, -0.05) is 6.07 Å². The number of hydrogen-bond donors (Lipinski definition) is 1. The van der Waals surface area contributed by atoms with Crippen molar-refractivity contribution in [3.63, 3.8) is 0 Å². The molecule has 1 atom stereocenters. The average Bonchev–Trinajstić information content (AvgIpc) is 2.76. The van der Waals surface area contributed by atoms with E-state index in [1.807, 2.05) is 13.0 Å². The van der Waals surface area contributed by atoms with Crippen molar-refractivity contribution in [2.45, 2.75) is 32.7 Å². The van der Waals surface area contributed by atoms with Crippen LogP contribution in [0.5, 0.6) is 5.75 Å². The van der Waals surface area contributed by atoms with Crippen molar-refractivity contribution >= 4 is 17.9 Å². The summed E-state index contributed by atoms with van der Waals surface area (Å²) < 4.78 is 10.0. The highest BCUT2D eigenvalue weighted by atomic mass is 16.5. The zero-order valence-electron chi connectivity index (χ0n) is 14.3. The first-order valence-electron chi connectivity index (χ1n) is 7.78. The molecule has 1 heterocycles. The van der Waals surface area contributed by atoms with E-state index >= 15 is 0 Å². The van der Waals surface area contributed by atoms with Gasteiger partial charge in [0, 0.05) is 6.54 Å². The molecule has 0 aromatic heterocycles. The highest BCUT2D eigenvalue weighted by Crippen LogP contribution is 2.31. The SMILES string of the molecule is CCOC(=O)CCN1C(=O)NC(C)(c2ccc(OC)c(C)c2)C1=O. The van der Waals surface area contributed by atoms with E-state index in [1.54, 1.807) is 33.1 Å². The fourth-order valence-electron chi connectivity index (χ4n) is 2.72. The van der Waals surface area contributed by atoms with Crippen LogP contribution in [0.15, 0.2) is 18.2 Å². The lowest BCUT2D eigenvalue weighted by Crippen LogP contribution is -2.41. The number of imide groups is 1. The Morgan fingerprint density at radius 3 is 2.62 bits per heavy atom. The maximum absolute atomic E-state index is 12.7. The largest absolute Gasteiger partial charge is 0.496 e. The summed E-state index contributed by atoms with van der Waals surface area (Å²) in [5.74, 6) is -0.119. The highest BCUT2D eigenvalue weighted by molar-refractivity contribution is 6.07. The lowest BCUT2D eigenvalue weighted by molar-refractivity contribution is -0.143. The molecule has 1 saturated heterocycles. The van der Waals surface area contributed by atoms with Crippen LogP contribution < -0.4 is 10.1 Å². The second-order valence-electron chi connectivity index (χ2n) is 5.75. The Balaban J connectivity index is 2.19. The minimum Gasteiger partial charge on any atom is -0.496 e. The summed E-state index contributed by atoms with van der Waals surface area (Å²) in [5.41, 5.74) is 0.365. The first kappa shape index (κ1) is 17.8. The predicted molar refractivity (Wildman–Crippen MR) is 86.6 cm³/mol. The first-order chi connectivity index (χ1) is 11.3. The summed E-state index contributed by atoms with van der Waals surface area (Å²) in [6, 6.07) is 4.81. The summed E-state index contributed by atoms with van der Waals surface area (Å²) in [4.78, 5) is 37.4. The molecule has 1 aliphatic heterocycles. The van der Waals surface area contributed by atoms with E-state index in [4.69, 9.17) is 9.47 Å². The van der Waals surface area contributed by atoms with Crippen LogP contribution in [0, 0.1) is 6.92 Å². The number of nitrogens with one attached hydrogen (secondary N) is 1. The Hall–Kier alpha value is -2.57. The number of carbonyl (C=O) groups excluding carboxylic acids is 3. The molecule has 0 bridgehead atoms. The van der Waals surface area contributed by atoms with Gasteiger partial charge in [0.05, 0.1) is 20.1 Å². The Bertz CT molecular complexity index is 673. The molecule has 2 rings (SSSR count). The second kappa shape index (κ2) is 6.90. The van der Waals surface area contributed by atoms with Crippen LogP contribution in [0.4, 0.5) is 4.79 Å². The molecule has 1 fully saturated rings. The molecular weight excluding hydrogens is 312 g/mol. The monoisotopic (exact) mass is 334 g/mol. The number of hydrogen-bond acceptors (Lipinski definition) is 5. The lowest BCUT2D eigenvalue weighted by Gasteiger charge is -2.23. The Kier molecular flexibility index (Phi) is 5.11. The van der Waals surface area contributed by atoms with E-state index in [1.165, 1.54) is 0 Å². The van der Waals surface area contributed by atoms with Crippen molar-refractivity contribution in [1.82, 2.24) is 10.2 Å². The molecule has 1 aromatic carbocycles. The number of ether oxygens (including phenoxy) is 2. The van der Waals surface area contributed by atoms with Crippen molar-refractivity contribution in [2.24, 2.45) is 0 Å². The van der Waals surface area contributed by atoms with E-state index < -0.39 is 17.5 Å². The van der Waals surface area contributed by atoms with Gasteiger partial charge in [-0.05, 0) is 44.0 Å². The molecule has 7 nitrogen and oxygen atoms in total. The number of esters is 1. The summed E-state index contributed by atoms with van der Waals surface area (Å²) in [7, 11) is 1.57. The van der Waals surface area contributed by atoms with Crippen LogP contribution in [0.3, 0.4) is 0 Å². The van der Waals surface area contributed by atoms with Gasteiger partial charge in [-0.25, -0.2) is 4.79 Å². The van der Waals surface area contributed by atoms with Crippen LogP contribution in [0.1, 0.15) is 31.4 Å². The number of benzene rings is 1. The zero-order valence-corrected chi connectivity index (χ0v) is 14.3. The van der Waals surface area contributed by atoms with Crippen LogP contribution in [0.2, 0.25) is 0 Å². The van der Waals surface area contributed by atoms with Crippen molar-refractivity contribution in [1.29, 1.82) is 0 Å². The smallest absolute Gasteiger partial charge is 0.325 e. The standard InChI is InChI=1S/C17H22N2O5/c1-5-24-14(20)8-9-19-15(21)17(3,18-16(19)22)12-6-7-13(23-4)11(2)10-12/h6-7,10H,5,8-9H2,1-4H3,(H,18,22). The summed E-state index contributed by atoms with van der Waals surface area (Å²) >= 11 is 0. The molecule has 1 aromatic rings. The molecule has 1 N–H and O–H groups in total. The normalized spacial score (nSPS) is 20.1.